The van der Waals surface area contributed by atoms with Gasteiger partial charge in [-0.05, 0) is 61.1 Å². The van der Waals surface area contributed by atoms with Crippen LogP contribution in [0.25, 0.3) is 0 Å². The second-order valence-electron chi connectivity index (χ2n) is 10.7. The van der Waals surface area contributed by atoms with Crippen molar-refractivity contribution in [3.63, 3.8) is 0 Å². The van der Waals surface area contributed by atoms with E-state index in [2.05, 4.69) is 13.8 Å². The maximum Gasteiger partial charge on any atom is 2.00 e. The second kappa shape index (κ2) is 23.9. The van der Waals surface area contributed by atoms with E-state index < -0.39 is 20.2 Å². The molecule has 0 atom stereocenters. The third-order valence-corrected chi connectivity index (χ3v) is 8.67. The molecule has 228 valence electrons. The van der Waals surface area contributed by atoms with Gasteiger partial charge >= 0.3 is 37.7 Å². The van der Waals surface area contributed by atoms with Crippen LogP contribution in [0.5, 0.6) is 0 Å². The zero-order valence-electron chi connectivity index (χ0n) is 25.3. The number of unbranched alkanes of at least 4 members (excludes halogenated alkanes) is 14. The van der Waals surface area contributed by atoms with Gasteiger partial charge in [-0.2, -0.15) is 0 Å². The average Bonchev–Trinajstić information content (AvgIpc) is 2.91. The van der Waals surface area contributed by atoms with Gasteiger partial charge in [0.25, 0.3) is 0 Å². The Morgan fingerprint density at radius 2 is 0.780 bits per heavy atom. The molecule has 0 saturated heterocycles. The molecular formula is C32H50CaO6S2. The summed E-state index contributed by atoms with van der Waals surface area (Å²) in [7, 11) is -8.65. The van der Waals surface area contributed by atoms with Crippen LogP contribution in [0, 0.1) is 0 Å². The summed E-state index contributed by atoms with van der Waals surface area (Å²) >= 11 is 0. The van der Waals surface area contributed by atoms with Crippen molar-refractivity contribution in [3.8, 4) is 0 Å². The summed E-state index contributed by atoms with van der Waals surface area (Å²) in [6.45, 7) is 4.44. The summed E-state index contributed by atoms with van der Waals surface area (Å²) in [5.74, 6) is 0. The van der Waals surface area contributed by atoms with Crippen molar-refractivity contribution in [1.29, 1.82) is 0 Å². The van der Waals surface area contributed by atoms with E-state index in [9.17, 15) is 25.9 Å². The summed E-state index contributed by atoms with van der Waals surface area (Å²) in [6.07, 6.45) is 21.7. The van der Waals surface area contributed by atoms with E-state index in [0.29, 0.717) is 0 Å². The Morgan fingerprint density at radius 1 is 0.488 bits per heavy atom. The summed E-state index contributed by atoms with van der Waals surface area (Å²) in [4.78, 5) is -0.232. The standard InChI is InChI=1S/2C16H26O3S.Ca/c2*1-2-3-4-5-6-7-8-9-11-15-12-10-13-16(14-15)20(17,18)19;/h2*10,12-14H,2-9,11H2,1H3,(H,17,18,19);/q;;+2/p-2. The monoisotopic (exact) mass is 634 g/mol. The Balaban J connectivity index is 0.000000762. The van der Waals surface area contributed by atoms with E-state index in [0.717, 1.165) is 36.8 Å². The minimum absolute atomic E-state index is 0. The van der Waals surface area contributed by atoms with Crippen LogP contribution in [-0.4, -0.2) is 63.7 Å². The molecule has 2 rings (SSSR count). The van der Waals surface area contributed by atoms with Gasteiger partial charge in [0, 0.05) is 0 Å². The third kappa shape index (κ3) is 21.0. The summed E-state index contributed by atoms with van der Waals surface area (Å²) in [5, 5.41) is 0. The molecule has 0 amide bonds. The van der Waals surface area contributed by atoms with Crippen LogP contribution in [0.15, 0.2) is 58.3 Å². The molecule has 0 heterocycles. The first-order valence-corrected chi connectivity index (χ1v) is 18.0. The van der Waals surface area contributed by atoms with Crippen molar-refractivity contribution in [2.75, 3.05) is 0 Å². The fourth-order valence-corrected chi connectivity index (χ4v) is 5.72. The van der Waals surface area contributed by atoms with Crippen LogP contribution in [0.1, 0.15) is 128 Å². The predicted molar refractivity (Wildman–Crippen MR) is 167 cm³/mol. The molecule has 0 aliphatic rings. The molecule has 2 aromatic rings. The number of aryl methyl sites for hydroxylation is 2. The summed E-state index contributed by atoms with van der Waals surface area (Å²) in [6, 6.07) is 12.8. The number of hydrogen-bond donors (Lipinski definition) is 0. The van der Waals surface area contributed by atoms with Crippen LogP contribution in [0.2, 0.25) is 0 Å². The first-order valence-electron chi connectivity index (χ1n) is 15.2. The SMILES string of the molecule is CCCCCCCCCCc1cccc(S(=O)(=O)[O-])c1.CCCCCCCCCCc1cccc(S(=O)(=O)[O-])c1.[Ca+2]. The Labute approximate surface area is 280 Å². The van der Waals surface area contributed by atoms with E-state index in [1.54, 1.807) is 12.1 Å². The normalized spacial score (nSPS) is 11.4. The maximum atomic E-state index is 10.9. The first-order chi connectivity index (χ1) is 19.1. The van der Waals surface area contributed by atoms with E-state index >= 15 is 0 Å². The third-order valence-electron chi connectivity index (χ3n) is 7.01. The minimum atomic E-state index is -4.32. The molecule has 0 unspecified atom stereocenters. The zero-order chi connectivity index (χ0) is 29.7. The summed E-state index contributed by atoms with van der Waals surface area (Å²) < 4.78 is 65.6. The number of hydrogen-bond acceptors (Lipinski definition) is 6. The number of rotatable bonds is 20. The maximum absolute atomic E-state index is 10.9. The molecule has 0 bridgehead atoms. The van der Waals surface area contributed by atoms with Crippen LogP contribution in [-0.2, 0) is 33.1 Å². The van der Waals surface area contributed by atoms with Crippen molar-refractivity contribution >= 4 is 58.0 Å². The molecule has 0 fully saturated rings. The average molecular weight is 635 g/mol. The topological polar surface area (TPSA) is 114 Å². The van der Waals surface area contributed by atoms with Crippen LogP contribution in [0.3, 0.4) is 0 Å². The van der Waals surface area contributed by atoms with Gasteiger partial charge in [0.2, 0.25) is 0 Å². The molecule has 0 aliphatic heterocycles. The van der Waals surface area contributed by atoms with Gasteiger partial charge in [-0.1, -0.05) is 128 Å². The minimum Gasteiger partial charge on any atom is -0.744 e. The van der Waals surface area contributed by atoms with Crippen LogP contribution >= 0.6 is 0 Å². The van der Waals surface area contributed by atoms with E-state index in [1.807, 2.05) is 12.1 Å². The van der Waals surface area contributed by atoms with Crippen LogP contribution < -0.4 is 0 Å². The molecule has 0 spiro atoms. The predicted octanol–water partition coefficient (Wildman–Crippen LogP) is 8.17. The van der Waals surface area contributed by atoms with Crippen LogP contribution in [0.4, 0.5) is 0 Å². The fourth-order valence-electron chi connectivity index (χ4n) is 4.64. The Bertz CT molecular complexity index is 1060. The van der Waals surface area contributed by atoms with Crippen molar-refractivity contribution in [2.24, 2.45) is 0 Å². The largest absolute Gasteiger partial charge is 2.00 e. The fraction of sp³-hybridized carbons (Fsp3) is 0.625. The Kier molecular flexibility index (Phi) is 23.6. The van der Waals surface area contributed by atoms with Crippen molar-refractivity contribution in [2.45, 2.75) is 139 Å². The molecule has 0 radical (unpaired) electrons. The van der Waals surface area contributed by atoms with Gasteiger partial charge < -0.3 is 9.11 Å². The van der Waals surface area contributed by atoms with Gasteiger partial charge in [0.05, 0.1) is 9.79 Å². The van der Waals surface area contributed by atoms with Crippen molar-refractivity contribution in [1.82, 2.24) is 0 Å². The first kappa shape index (κ1) is 40.5. The zero-order valence-corrected chi connectivity index (χ0v) is 29.2. The Hall–Kier alpha value is -0.480. The molecule has 9 heteroatoms. The molecule has 0 aromatic heterocycles. The van der Waals surface area contributed by atoms with E-state index in [-0.39, 0.29) is 47.5 Å². The Morgan fingerprint density at radius 3 is 1.07 bits per heavy atom. The molecule has 0 saturated carbocycles. The van der Waals surface area contributed by atoms with E-state index in [4.69, 9.17) is 0 Å². The quantitative estimate of drug-likeness (QED) is 0.0824. The smallest absolute Gasteiger partial charge is 0.744 e. The van der Waals surface area contributed by atoms with Crippen molar-refractivity contribution in [3.05, 3.63) is 59.7 Å². The molecular weight excluding hydrogens is 585 g/mol. The van der Waals surface area contributed by atoms with Gasteiger partial charge in [-0.3, -0.25) is 0 Å². The number of benzene rings is 2. The summed E-state index contributed by atoms with van der Waals surface area (Å²) in [5.41, 5.74) is 1.88. The van der Waals surface area contributed by atoms with Gasteiger partial charge in [-0.25, -0.2) is 16.8 Å². The molecule has 0 N–H and O–H groups in total. The van der Waals surface area contributed by atoms with Gasteiger partial charge in [0.15, 0.2) is 0 Å². The molecule has 6 nitrogen and oxygen atoms in total. The van der Waals surface area contributed by atoms with Gasteiger partial charge in [0.1, 0.15) is 20.2 Å². The second-order valence-corrected chi connectivity index (χ2v) is 13.4. The van der Waals surface area contributed by atoms with E-state index in [1.165, 1.54) is 114 Å². The molecule has 0 aliphatic carbocycles. The van der Waals surface area contributed by atoms with Crippen molar-refractivity contribution < 1.29 is 25.9 Å². The molecule has 2 aromatic carbocycles. The van der Waals surface area contributed by atoms with Gasteiger partial charge in [-0.15, -0.1) is 0 Å². The molecule has 41 heavy (non-hydrogen) atoms.